The lowest BCUT2D eigenvalue weighted by Crippen LogP contribution is -2.17. The van der Waals surface area contributed by atoms with E-state index in [4.69, 9.17) is 16.7 Å². The van der Waals surface area contributed by atoms with Crippen molar-refractivity contribution >= 4 is 34.9 Å². The maximum Gasteiger partial charge on any atom is 0.307 e. The van der Waals surface area contributed by atoms with Crippen LogP contribution in [0.4, 0.5) is 11.4 Å². The van der Waals surface area contributed by atoms with Gasteiger partial charge in [-0.05, 0) is 24.6 Å². The number of carbonyl (C=O) groups excluding carboxylic acids is 1. The Hall–Kier alpha value is -1.75. The topological polar surface area (TPSA) is 69.6 Å². The van der Waals surface area contributed by atoms with Crippen LogP contribution in [0.15, 0.2) is 18.2 Å². The second-order valence-electron chi connectivity index (χ2n) is 4.84. The molecule has 0 radical (unpaired) electrons. The van der Waals surface area contributed by atoms with Gasteiger partial charge in [0.15, 0.2) is 0 Å². The molecule has 2 rings (SSSR count). The van der Waals surface area contributed by atoms with E-state index in [0.717, 1.165) is 5.69 Å². The number of rotatable bonds is 4. The van der Waals surface area contributed by atoms with Crippen LogP contribution in [0.3, 0.4) is 0 Å². The molecule has 2 unspecified atom stereocenters. The van der Waals surface area contributed by atoms with Gasteiger partial charge in [-0.3, -0.25) is 9.59 Å². The van der Waals surface area contributed by atoms with E-state index in [2.05, 4.69) is 5.32 Å². The molecule has 0 aromatic heterocycles. The first-order valence-corrected chi connectivity index (χ1v) is 6.28. The molecule has 5 nitrogen and oxygen atoms in total. The number of hydrogen-bond donors (Lipinski definition) is 2. The highest BCUT2D eigenvalue weighted by Crippen LogP contribution is 2.39. The fourth-order valence-electron chi connectivity index (χ4n) is 1.94. The van der Waals surface area contributed by atoms with Crippen molar-refractivity contribution in [1.82, 2.24) is 0 Å². The molecule has 1 aliphatic rings. The maximum absolute atomic E-state index is 11.8. The predicted molar refractivity (Wildman–Crippen MR) is 73.6 cm³/mol. The fraction of sp³-hybridized carbons (Fsp3) is 0.385. The lowest BCUT2D eigenvalue weighted by Gasteiger charge is -2.15. The zero-order valence-corrected chi connectivity index (χ0v) is 11.4. The van der Waals surface area contributed by atoms with Crippen molar-refractivity contribution in [3.8, 4) is 0 Å². The van der Waals surface area contributed by atoms with Gasteiger partial charge in [0.1, 0.15) is 0 Å². The van der Waals surface area contributed by atoms with Crippen LogP contribution in [-0.2, 0) is 9.59 Å². The summed E-state index contributed by atoms with van der Waals surface area (Å²) in [5, 5.41) is 12.0. The minimum atomic E-state index is -0.916. The molecule has 2 N–H and O–H groups in total. The third-order valence-electron chi connectivity index (χ3n) is 3.14. The van der Waals surface area contributed by atoms with Gasteiger partial charge in [-0.2, -0.15) is 0 Å². The quantitative estimate of drug-likeness (QED) is 0.887. The second-order valence-corrected chi connectivity index (χ2v) is 5.24. The summed E-state index contributed by atoms with van der Waals surface area (Å²) in [6.45, 7) is 0. The summed E-state index contributed by atoms with van der Waals surface area (Å²) in [7, 11) is 3.75. The van der Waals surface area contributed by atoms with Crippen LogP contribution in [0.25, 0.3) is 0 Å². The maximum atomic E-state index is 11.8. The SMILES string of the molecule is CN(C)c1ccc(NC(=O)C2CC2C(=O)O)cc1Cl. The number of nitrogens with zero attached hydrogens (tertiary/aromatic N) is 1. The van der Waals surface area contributed by atoms with Gasteiger partial charge >= 0.3 is 5.97 Å². The molecule has 1 saturated carbocycles. The molecule has 1 aliphatic carbocycles. The monoisotopic (exact) mass is 282 g/mol. The molecule has 0 aliphatic heterocycles. The van der Waals surface area contributed by atoms with Crippen LogP contribution in [0.5, 0.6) is 0 Å². The summed E-state index contributed by atoms with van der Waals surface area (Å²) >= 11 is 6.10. The lowest BCUT2D eigenvalue weighted by molar-refractivity contribution is -0.139. The summed E-state index contributed by atoms with van der Waals surface area (Å²) in [5.41, 5.74) is 1.44. The number of hydrogen-bond acceptors (Lipinski definition) is 3. The number of carboxylic acids is 1. The molecule has 1 amide bonds. The minimum absolute atomic E-state index is 0.263. The third kappa shape index (κ3) is 2.98. The highest BCUT2D eigenvalue weighted by molar-refractivity contribution is 6.33. The van der Waals surface area contributed by atoms with Gasteiger partial charge in [0.2, 0.25) is 5.91 Å². The number of aliphatic carboxylic acids is 1. The highest BCUT2D eigenvalue weighted by Gasteiger charge is 2.48. The molecule has 0 bridgehead atoms. The number of anilines is 2. The Morgan fingerprint density at radius 1 is 1.37 bits per heavy atom. The van der Waals surface area contributed by atoms with Crippen molar-refractivity contribution in [2.75, 3.05) is 24.3 Å². The Kier molecular flexibility index (Phi) is 3.66. The van der Waals surface area contributed by atoms with Crippen LogP contribution in [0.2, 0.25) is 5.02 Å². The van der Waals surface area contributed by atoms with Gasteiger partial charge in [0.05, 0.1) is 22.5 Å². The van der Waals surface area contributed by atoms with Gasteiger partial charge in [-0.1, -0.05) is 11.6 Å². The van der Waals surface area contributed by atoms with E-state index in [0.29, 0.717) is 17.1 Å². The first kappa shape index (κ1) is 13.7. The highest BCUT2D eigenvalue weighted by atomic mass is 35.5. The molecule has 6 heteroatoms. The van der Waals surface area contributed by atoms with Crippen molar-refractivity contribution in [3.05, 3.63) is 23.2 Å². The van der Waals surface area contributed by atoms with E-state index < -0.39 is 17.8 Å². The second kappa shape index (κ2) is 5.09. The van der Waals surface area contributed by atoms with Crippen LogP contribution in [0.1, 0.15) is 6.42 Å². The number of carboxylic acid groups (broad SMARTS) is 1. The molecular formula is C13H15ClN2O3. The van der Waals surface area contributed by atoms with Gasteiger partial charge in [0, 0.05) is 19.8 Å². The molecule has 1 aromatic rings. The van der Waals surface area contributed by atoms with E-state index in [1.54, 1.807) is 18.2 Å². The number of amides is 1. The Morgan fingerprint density at radius 3 is 2.53 bits per heavy atom. The van der Waals surface area contributed by atoms with Gasteiger partial charge in [-0.25, -0.2) is 0 Å². The molecule has 0 spiro atoms. The van der Waals surface area contributed by atoms with Crippen molar-refractivity contribution < 1.29 is 14.7 Å². The average Bonchev–Trinajstić information content (AvgIpc) is 3.08. The minimum Gasteiger partial charge on any atom is -0.481 e. The van der Waals surface area contributed by atoms with Crippen LogP contribution < -0.4 is 10.2 Å². The molecule has 1 fully saturated rings. The Labute approximate surface area is 116 Å². The first-order valence-electron chi connectivity index (χ1n) is 5.90. The fourth-order valence-corrected chi connectivity index (χ4v) is 2.29. The summed E-state index contributed by atoms with van der Waals surface area (Å²) in [4.78, 5) is 24.4. The van der Waals surface area contributed by atoms with Crippen molar-refractivity contribution in [3.63, 3.8) is 0 Å². The summed E-state index contributed by atoms with van der Waals surface area (Å²) in [6, 6.07) is 5.21. The zero-order chi connectivity index (χ0) is 14.2. The normalized spacial score (nSPS) is 20.8. The van der Waals surface area contributed by atoms with E-state index in [1.165, 1.54) is 0 Å². The predicted octanol–water partition coefficient (Wildman–Crippen LogP) is 2.07. The average molecular weight is 283 g/mol. The van der Waals surface area contributed by atoms with E-state index in [9.17, 15) is 9.59 Å². The first-order chi connectivity index (χ1) is 8.90. The molecule has 102 valence electrons. The van der Waals surface area contributed by atoms with E-state index in [1.807, 2.05) is 19.0 Å². The molecule has 19 heavy (non-hydrogen) atoms. The van der Waals surface area contributed by atoms with Gasteiger partial charge in [0.25, 0.3) is 0 Å². The Balaban J connectivity index is 2.02. The number of benzene rings is 1. The van der Waals surface area contributed by atoms with Crippen LogP contribution in [-0.4, -0.2) is 31.1 Å². The molecular weight excluding hydrogens is 268 g/mol. The van der Waals surface area contributed by atoms with Crippen molar-refractivity contribution in [1.29, 1.82) is 0 Å². The molecule has 2 atom stereocenters. The number of nitrogens with one attached hydrogen (secondary N) is 1. The molecule has 0 saturated heterocycles. The Morgan fingerprint density at radius 2 is 2.05 bits per heavy atom. The molecule has 1 aromatic carbocycles. The smallest absolute Gasteiger partial charge is 0.307 e. The summed E-state index contributed by atoms with van der Waals surface area (Å²) in [6.07, 6.45) is 0.407. The molecule has 0 heterocycles. The number of halogens is 1. The summed E-state index contributed by atoms with van der Waals surface area (Å²) < 4.78 is 0. The van der Waals surface area contributed by atoms with Crippen LogP contribution >= 0.6 is 11.6 Å². The van der Waals surface area contributed by atoms with Gasteiger partial charge < -0.3 is 15.3 Å². The van der Waals surface area contributed by atoms with Crippen LogP contribution in [0, 0.1) is 11.8 Å². The summed E-state index contributed by atoms with van der Waals surface area (Å²) in [5.74, 6) is -2.15. The van der Waals surface area contributed by atoms with Gasteiger partial charge in [-0.15, -0.1) is 0 Å². The standard InChI is InChI=1S/C13H15ClN2O3/c1-16(2)11-4-3-7(5-10(11)14)15-12(17)8-6-9(8)13(18)19/h3-5,8-9H,6H2,1-2H3,(H,15,17)(H,18,19). The van der Waals surface area contributed by atoms with E-state index in [-0.39, 0.29) is 5.91 Å². The Bertz CT molecular complexity index is 531. The third-order valence-corrected chi connectivity index (χ3v) is 3.44. The van der Waals surface area contributed by atoms with Crippen molar-refractivity contribution in [2.45, 2.75) is 6.42 Å². The lowest BCUT2D eigenvalue weighted by atomic mass is 10.2. The number of carbonyl (C=O) groups is 2. The van der Waals surface area contributed by atoms with Crippen molar-refractivity contribution in [2.24, 2.45) is 11.8 Å². The largest absolute Gasteiger partial charge is 0.481 e. The zero-order valence-electron chi connectivity index (χ0n) is 10.7. The van der Waals surface area contributed by atoms with E-state index >= 15 is 0 Å².